The first-order valence-corrected chi connectivity index (χ1v) is 6.02. The molecule has 1 saturated carbocycles. The van der Waals surface area contributed by atoms with Crippen LogP contribution in [-0.4, -0.2) is 25.3 Å². The lowest BCUT2D eigenvalue weighted by atomic mass is 9.85. The number of nitrogens with one attached hydrogen (secondary N) is 1. The molecule has 15 heavy (non-hydrogen) atoms. The first kappa shape index (κ1) is 12.5. The van der Waals surface area contributed by atoms with Crippen LogP contribution in [0.4, 0.5) is 0 Å². The number of ether oxygens (including phenoxy) is 1. The van der Waals surface area contributed by atoms with Crippen molar-refractivity contribution in [2.45, 2.75) is 51.7 Å². The van der Waals surface area contributed by atoms with E-state index in [9.17, 15) is 0 Å². The van der Waals surface area contributed by atoms with Crippen LogP contribution in [0.25, 0.3) is 0 Å². The van der Waals surface area contributed by atoms with Gasteiger partial charge in [0.15, 0.2) is 0 Å². The summed E-state index contributed by atoms with van der Waals surface area (Å²) in [6, 6.07) is 2.79. The molecule has 3 heteroatoms. The van der Waals surface area contributed by atoms with Gasteiger partial charge in [0.1, 0.15) is 0 Å². The third kappa shape index (κ3) is 4.19. The second kappa shape index (κ2) is 6.81. The topological polar surface area (TPSA) is 45.0 Å². The van der Waals surface area contributed by atoms with E-state index < -0.39 is 0 Å². The van der Waals surface area contributed by atoms with Crippen molar-refractivity contribution in [1.82, 2.24) is 5.32 Å². The van der Waals surface area contributed by atoms with E-state index in [0.29, 0.717) is 6.04 Å². The number of nitrogens with zero attached hydrogens (tertiary/aromatic N) is 1. The molecule has 0 aromatic heterocycles. The largest absolute Gasteiger partial charge is 0.377 e. The summed E-state index contributed by atoms with van der Waals surface area (Å²) < 4.78 is 5.46. The second-order valence-electron chi connectivity index (χ2n) is 4.30. The van der Waals surface area contributed by atoms with E-state index in [1.165, 1.54) is 12.8 Å². The lowest BCUT2D eigenvalue weighted by molar-refractivity contribution is 0.0714. The fourth-order valence-electron chi connectivity index (χ4n) is 2.19. The smallest absolute Gasteiger partial charge is 0.0672 e. The SMILES string of the molecule is CCOC(C)CNC1CCCCC1C#N. The zero-order valence-electron chi connectivity index (χ0n) is 9.83. The lowest BCUT2D eigenvalue weighted by Crippen LogP contribution is -2.41. The highest BCUT2D eigenvalue weighted by molar-refractivity contribution is 4.94. The highest BCUT2D eigenvalue weighted by atomic mass is 16.5. The summed E-state index contributed by atoms with van der Waals surface area (Å²) in [5.74, 6) is 0.201. The van der Waals surface area contributed by atoms with Crippen molar-refractivity contribution in [2.24, 2.45) is 5.92 Å². The molecule has 1 aliphatic carbocycles. The Morgan fingerprint density at radius 1 is 1.47 bits per heavy atom. The molecule has 0 bridgehead atoms. The van der Waals surface area contributed by atoms with Crippen LogP contribution in [0.3, 0.4) is 0 Å². The molecule has 1 fully saturated rings. The fraction of sp³-hybridized carbons (Fsp3) is 0.917. The van der Waals surface area contributed by atoms with Crippen LogP contribution in [0.5, 0.6) is 0 Å². The van der Waals surface area contributed by atoms with Gasteiger partial charge in [0.05, 0.1) is 18.1 Å². The van der Waals surface area contributed by atoms with Crippen molar-refractivity contribution in [3.8, 4) is 6.07 Å². The number of nitriles is 1. The Morgan fingerprint density at radius 3 is 2.87 bits per heavy atom. The molecule has 1 aliphatic rings. The van der Waals surface area contributed by atoms with Crippen LogP contribution in [0, 0.1) is 17.2 Å². The Kier molecular flexibility index (Phi) is 5.67. The second-order valence-corrected chi connectivity index (χ2v) is 4.30. The molecule has 1 N–H and O–H groups in total. The van der Waals surface area contributed by atoms with Gasteiger partial charge in [0.25, 0.3) is 0 Å². The summed E-state index contributed by atoms with van der Waals surface area (Å²) in [6.07, 6.45) is 4.89. The Balaban J connectivity index is 2.26. The molecule has 1 rings (SSSR count). The van der Waals surface area contributed by atoms with Gasteiger partial charge in [0.2, 0.25) is 0 Å². The van der Waals surface area contributed by atoms with Crippen LogP contribution in [-0.2, 0) is 4.74 Å². The van der Waals surface area contributed by atoms with Gasteiger partial charge in [-0.1, -0.05) is 12.8 Å². The molecule has 0 radical (unpaired) electrons. The van der Waals surface area contributed by atoms with Gasteiger partial charge in [-0.05, 0) is 26.7 Å². The summed E-state index contributed by atoms with van der Waals surface area (Å²) in [7, 11) is 0. The van der Waals surface area contributed by atoms with E-state index in [-0.39, 0.29) is 12.0 Å². The molecule has 0 amide bonds. The summed E-state index contributed by atoms with van der Waals surface area (Å²) >= 11 is 0. The minimum atomic E-state index is 0.201. The van der Waals surface area contributed by atoms with Crippen molar-refractivity contribution < 1.29 is 4.74 Å². The first-order valence-electron chi connectivity index (χ1n) is 6.02. The zero-order chi connectivity index (χ0) is 11.1. The Labute approximate surface area is 92.8 Å². The van der Waals surface area contributed by atoms with Crippen LogP contribution in [0.1, 0.15) is 39.5 Å². The van der Waals surface area contributed by atoms with E-state index in [1.54, 1.807) is 0 Å². The Hall–Kier alpha value is -0.590. The highest BCUT2D eigenvalue weighted by Gasteiger charge is 2.24. The number of hydrogen-bond acceptors (Lipinski definition) is 3. The van der Waals surface area contributed by atoms with Gasteiger partial charge in [-0.15, -0.1) is 0 Å². The molecule has 0 aromatic carbocycles. The van der Waals surface area contributed by atoms with Gasteiger partial charge >= 0.3 is 0 Å². The Morgan fingerprint density at radius 2 is 2.20 bits per heavy atom. The molecule has 0 aromatic rings. The fourth-order valence-corrected chi connectivity index (χ4v) is 2.19. The minimum absolute atomic E-state index is 0.201. The monoisotopic (exact) mass is 210 g/mol. The number of hydrogen-bond donors (Lipinski definition) is 1. The molecular weight excluding hydrogens is 188 g/mol. The van der Waals surface area contributed by atoms with E-state index in [0.717, 1.165) is 26.0 Å². The summed E-state index contributed by atoms with van der Waals surface area (Å²) in [5.41, 5.74) is 0. The van der Waals surface area contributed by atoms with Crippen LogP contribution in [0.15, 0.2) is 0 Å². The van der Waals surface area contributed by atoms with Crippen molar-refractivity contribution in [2.75, 3.05) is 13.2 Å². The molecule has 3 nitrogen and oxygen atoms in total. The molecule has 0 spiro atoms. The van der Waals surface area contributed by atoms with Crippen LogP contribution >= 0.6 is 0 Å². The quantitative estimate of drug-likeness (QED) is 0.755. The van der Waals surface area contributed by atoms with Gasteiger partial charge in [-0.25, -0.2) is 0 Å². The molecule has 0 saturated heterocycles. The minimum Gasteiger partial charge on any atom is -0.377 e. The molecule has 0 aliphatic heterocycles. The maximum atomic E-state index is 9.01. The van der Waals surface area contributed by atoms with Crippen LogP contribution < -0.4 is 5.32 Å². The third-order valence-corrected chi connectivity index (χ3v) is 3.05. The predicted molar refractivity (Wildman–Crippen MR) is 60.4 cm³/mol. The van der Waals surface area contributed by atoms with Crippen molar-refractivity contribution in [3.63, 3.8) is 0 Å². The first-order chi connectivity index (χ1) is 7.27. The van der Waals surface area contributed by atoms with Crippen LogP contribution in [0.2, 0.25) is 0 Å². The van der Waals surface area contributed by atoms with E-state index in [1.807, 2.05) is 6.92 Å². The van der Waals surface area contributed by atoms with Crippen molar-refractivity contribution in [1.29, 1.82) is 5.26 Å². The van der Waals surface area contributed by atoms with E-state index in [2.05, 4.69) is 18.3 Å². The zero-order valence-corrected chi connectivity index (χ0v) is 9.83. The Bertz CT molecular complexity index is 212. The standard InChI is InChI=1S/C12H22N2O/c1-3-15-10(2)9-14-12-7-5-4-6-11(12)8-13/h10-12,14H,3-7,9H2,1-2H3. The summed E-state index contributed by atoms with van der Waals surface area (Å²) in [6.45, 7) is 5.70. The number of rotatable bonds is 5. The van der Waals surface area contributed by atoms with Gasteiger partial charge < -0.3 is 10.1 Å². The van der Waals surface area contributed by atoms with Crippen molar-refractivity contribution in [3.05, 3.63) is 0 Å². The average molecular weight is 210 g/mol. The highest BCUT2D eigenvalue weighted by Crippen LogP contribution is 2.23. The van der Waals surface area contributed by atoms with Gasteiger partial charge in [-0.2, -0.15) is 5.26 Å². The normalized spacial score (nSPS) is 28.3. The third-order valence-electron chi connectivity index (χ3n) is 3.05. The summed E-state index contributed by atoms with van der Waals surface area (Å²) in [4.78, 5) is 0. The molecular formula is C12H22N2O. The van der Waals surface area contributed by atoms with Crippen molar-refractivity contribution >= 4 is 0 Å². The maximum Gasteiger partial charge on any atom is 0.0672 e. The van der Waals surface area contributed by atoms with E-state index in [4.69, 9.17) is 10.00 Å². The molecule has 3 atom stereocenters. The molecule has 3 unspecified atom stereocenters. The summed E-state index contributed by atoms with van der Waals surface area (Å²) in [5, 5.41) is 12.5. The molecule has 86 valence electrons. The maximum absolute atomic E-state index is 9.01. The lowest BCUT2D eigenvalue weighted by Gasteiger charge is -2.28. The predicted octanol–water partition coefficient (Wildman–Crippen LogP) is 2.08. The molecule has 0 heterocycles. The van der Waals surface area contributed by atoms with E-state index >= 15 is 0 Å². The average Bonchev–Trinajstić information content (AvgIpc) is 2.27. The van der Waals surface area contributed by atoms with Gasteiger partial charge in [-0.3, -0.25) is 0 Å². The van der Waals surface area contributed by atoms with Gasteiger partial charge in [0, 0.05) is 19.2 Å².